The Morgan fingerprint density at radius 3 is 2.44 bits per heavy atom. The molecule has 1 heterocycles. The topological polar surface area (TPSA) is 29.5 Å². The quantitative estimate of drug-likeness (QED) is 0.804. The number of likely N-dealkylation sites (tertiary alicyclic amines) is 1. The number of hydrogen-bond acceptors (Lipinski definition) is 2. The van der Waals surface area contributed by atoms with Gasteiger partial charge in [0.25, 0.3) is 5.91 Å². The summed E-state index contributed by atoms with van der Waals surface area (Å²) < 4.78 is 5.26. The van der Waals surface area contributed by atoms with Crippen LogP contribution in [0.25, 0.3) is 0 Å². The maximum atomic E-state index is 12.5. The van der Waals surface area contributed by atoms with Crippen molar-refractivity contribution in [3.63, 3.8) is 0 Å². The second kappa shape index (κ2) is 5.42. The van der Waals surface area contributed by atoms with E-state index < -0.39 is 0 Å². The predicted octanol–water partition coefficient (Wildman–Crippen LogP) is 2.81. The second-order valence-corrected chi connectivity index (χ2v) is 5.36. The van der Waals surface area contributed by atoms with E-state index in [0.29, 0.717) is 23.1 Å². The van der Waals surface area contributed by atoms with Crippen LogP contribution in [0.1, 0.15) is 30.6 Å². The number of carbonyl (C=O) groups is 1. The highest BCUT2D eigenvalue weighted by Gasteiger charge is 2.27. The fourth-order valence-corrected chi connectivity index (χ4v) is 2.82. The van der Waals surface area contributed by atoms with Gasteiger partial charge in [-0.15, -0.1) is 0 Å². The number of methoxy groups -OCH3 is 1. The largest absolute Gasteiger partial charge is 0.496 e. The Morgan fingerprint density at radius 2 is 1.83 bits per heavy atom. The van der Waals surface area contributed by atoms with Gasteiger partial charge in [-0.3, -0.25) is 4.79 Å². The molecular formula is C15H21NO2. The number of piperidine rings is 1. The Hall–Kier alpha value is -1.51. The van der Waals surface area contributed by atoms with Crippen LogP contribution in [0.5, 0.6) is 5.75 Å². The minimum Gasteiger partial charge on any atom is -0.496 e. The lowest BCUT2D eigenvalue weighted by Gasteiger charge is -2.35. The third-order valence-electron chi connectivity index (χ3n) is 3.49. The number of rotatable bonds is 2. The average molecular weight is 247 g/mol. The molecule has 1 aliphatic heterocycles. The van der Waals surface area contributed by atoms with Crippen molar-refractivity contribution in [3.8, 4) is 5.75 Å². The van der Waals surface area contributed by atoms with Crippen molar-refractivity contribution >= 4 is 5.91 Å². The lowest BCUT2D eigenvalue weighted by Crippen LogP contribution is -2.42. The van der Waals surface area contributed by atoms with Gasteiger partial charge in [0, 0.05) is 13.1 Å². The van der Waals surface area contributed by atoms with E-state index >= 15 is 0 Å². The first-order valence-corrected chi connectivity index (χ1v) is 6.54. The van der Waals surface area contributed by atoms with Crippen LogP contribution in [0.2, 0.25) is 0 Å². The van der Waals surface area contributed by atoms with Gasteiger partial charge in [-0.25, -0.2) is 0 Å². The molecule has 98 valence electrons. The lowest BCUT2D eigenvalue weighted by molar-refractivity contribution is 0.0620. The smallest absolute Gasteiger partial charge is 0.257 e. The van der Waals surface area contributed by atoms with Gasteiger partial charge in [0.2, 0.25) is 0 Å². The van der Waals surface area contributed by atoms with Crippen molar-refractivity contribution in [2.24, 2.45) is 11.8 Å². The Balaban J connectivity index is 2.20. The predicted molar refractivity (Wildman–Crippen MR) is 71.8 cm³/mol. The maximum Gasteiger partial charge on any atom is 0.257 e. The van der Waals surface area contributed by atoms with Crippen molar-refractivity contribution in [2.45, 2.75) is 20.3 Å². The van der Waals surface area contributed by atoms with Crippen LogP contribution in [0, 0.1) is 11.8 Å². The van der Waals surface area contributed by atoms with E-state index in [1.165, 1.54) is 6.42 Å². The van der Waals surface area contributed by atoms with Crippen LogP contribution in [0.3, 0.4) is 0 Å². The molecule has 0 radical (unpaired) electrons. The standard InChI is InChI=1S/C15H21NO2/c1-11-8-12(2)10-16(9-11)15(17)13-6-4-5-7-14(13)18-3/h4-7,11-12H,8-10H2,1-3H3/t11-,12-/m0/s1. The second-order valence-electron chi connectivity index (χ2n) is 5.36. The summed E-state index contributed by atoms with van der Waals surface area (Å²) in [5.74, 6) is 1.90. The number of benzene rings is 1. The molecule has 1 aromatic carbocycles. The molecule has 0 bridgehead atoms. The number of ether oxygens (including phenoxy) is 1. The normalized spacial score (nSPS) is 23.8. The van der Waals surface area contributed by atoms with Gasteiger partial charge < -0.3 is 9.64 Å². The molecule has 2 atom stereocenters. The monoisotopic (exact) mass is 247 g/mol. The van der Waals surface area contributed by atoms with Gasteiger partial charge >= 0.3 is 0 Å². The van der Waals surface area contributed by atoms with Crippen LogP contribution < -0.4 is 4.74 Å². The highest BCUT2D eigenvalue weighted by Crippen LogP contribution is 2.25. The Bertz CT molecular complexity index is 420. The highest BCUT2D eigenvalue weighted by molar-refractivity contribution is 5.97. The fourth-order valence-electron chi connectivity index (χ4n) is 2.82. The van der Waals surface area contributed by atoms with Crippen molar-refractivity contribution in [2.75, 3.05) is 20.2 Å². The summed E-state index contributed by atoms with van der Waals surface area (Å²) in [4.78, 5) is 14.5. The molecule has 0 spiro atoms. The first-order valence-electron chi connectivity index (χ1n) is 6.54. The van der Waals surface area contributed by atoms with Gasteiger partial charge in [-0.1, -0.05) is 26.0 Å². The summed E-state index contributed by atoms with van der Waals surface area (Å²) in [6.07, 6.45) is 1.20. The van der Waals surface area contributed by atoms with Crippen LogP contribution >= 0.6 is 0 Å². The molecule has 18 heavy (non-hydrogen) atoms. The number of amides is 1. The van der Waals surface area contributed by atoms with E-state index in [0.717, 1.165) is 13.1 Å². The van der Waals surface area contributed by atoms with Gasteiger partial charge in [-0.05, 0) is 30.4 Å². The molecule has 0 aliphatic carbocycles. The summed E-state index contributed by atoms with van der Waals surface area (Å²) >= 11 is 0. The van der Waals surface area contributed by atoms with Crippen molar-refractivity contribution in [1.82, 2.24) is 4.90 Å². The molecule has 2 rings (SSSR count). The first kappa shape index (κ1) is 12.9. The Kier molecular flexibility index (Phi) is 3.90. The van der Waals surface area contributed by atoms with E-state index in [-0.39, 0.29) is 5.91 Å². The molecule has 0 N–H and O–H groups in total. The highest BCUT2D eigenvalue weighted by atomic mass is 16.5. The lowest BCUT2D eigenvalue weighted by atomic mass is 9.91. The SMILES string of the molecule is COc1ccccc1C(=O)N1C[C@@H](C)C[C@H](C)C1. The van der Waals surface area contributed by atoms with Gasteiger partial charge in [0.15, 0.2) is 0 Å². The van der Waals surface area contributed by atoms with Crippen LogP contribution in [0.15, 0.2) is 24.3 Å². The minimum absolute atomic E-state index is 0.0887. The average Bonchev–Trinajstić information content (AvgIpc) is 2.36. The first-order chi connectivity index (χ1) is 8.61. The van der Waals surface area contributed by atoms with E-state index in [1.54, 1.807) is 7.11 Å². The minimum atomic E-state index is 0.0887. The molecule has 0 saturated carbocycles. The fraction of sp³-hybridized carbons (Fsp3) is 0.533. The zero-order valence-electron chi connectivity index (χ0n) is 11.3. The van der Waals surface area contributed by atoms with Gasteiger partial charge in [0.05, 0.1) is 12.7 Å². The summed E-state index contributed by atoms with van der Waals surface area (Å²) in [5.41, 5.74) is 0.668. The summed E-state index contributed by atoms with van der Waals surface area (Å²) in [6, 6.07) is 7.44. The van der Waals surface area contributed by atoms with Crippen LogP contribution in [-0.2, 0) is 0 Å². The summed E-state index contributed by atoms with van der Waals surface area (Å²) in [6.45, 7) is 6.11. The maximum absolute atomic E-state index is 12.5. The van der Waals surface area contributed by atoms with Crippen molar-refractivity contribution in [1.29, 1.82) is 0 Å². The molecule has 3 nitrogen and oxygen atoms in total. The van der Waals surface area contributed by atoms with E-state index in [1.807, 2.05) is 29.2 Å². The van der Waals surface area contributed by atoms with Crippen LogP contribution in [-0.4, -0.2) is 31.0 Å². The number of nitrogens with zero attached hydrogens (tertiary/aromatic N) is 1. The molecule has 1 aromatic rings. The van der Waals surface area contributed by atoms with E-state index in [4.69, 9.17) is 4.74 Å². The summed E-state index contributed by atoms with van der Waals surface area (Å²) in [7, 11) is 1.60. The number of hydrogen-bond donors (Lipinski definition) is 0. The molecule has 1 fully saturated rings. The van der Waals surface area contributed by atoms with E-state index in [2.05, 4.69) is 13.8 Å². The zero-order valence-corrected chi connectivity index (χ0v) is 11.3. The molecule has 0 aromatic heterocycles. The van der Waals surface area contributed by atoms with Crippen LogP contribution in [0.4, 0.5) is 0 Å². The van der Waals surface area contributed by atoms with Crippen molar-refractivity contribution < 1.29 is 9.53 Å². The Morgan fingerprint density at radius 1 is 1.22 bits per heavy atom. The number of para-hydroxylation sites is 1. The third-order valence-corrected chi connectivity index (χ3v) is 3.49. The van der Waals surface area contributed by atoms with E-state index in [9.17, 15) is 4.79 Å². The zero-order chi connectivity index (χ0) is 13.1. The molecule has 1 aliphatic rings. The number of carbonyl (C=O) groups excluding carboxylic acids is 1. The summed E-state index contributed by atoms with van der Waals surface area (Å²) in [5, 5.41) is 0. The third kappa shape index (κ3) is 2.66. The molecule has 3 heteroatoms. The van der Waals surface area contributed by atoms with Crippen molar-refractivity contribution in [3.05, 3.63) is 29.8 Å². The molecular weight excluding hydrogens is 226 g/mol. The molecule has 1 saturated heterocycles. The Labute approximate surface area is 109 Å². The van der Waals surface area contributed by atoms with Gasteiger partial charge in [-0.2, -0.15) is 0 Å². The molecule has 1 amide bonds. The molecule has 0 unspecified atom stereocenters. The van der Waals surface area contributed by atoms with Gasteiger partial charge in [0.1, 0.15) is 5.75 Å².